The van der Waals surface area contributed by atoms with E-state index in [0.717, 1.165) is 18.6 Å². The van der Waals surface area contributed by atoms with Crippen LogP contribution in [0.2, 0.25) is 0 Å². The van der Waals surface area contributed by atoms with E-state index in [1.807, 2.05) is 12.1 Å². The van der Waals surface area contributed by atoms with Crippen LogP contribution in [-0.2, 0) is 12.8 Å². The van der Waals surface area contributed by atoms with Gasteiger partial charge in [0.05, 0.1) is 6.26 Å². The van der Waals surface area contributed by atoms with Gasteiger partial charge in [0.25, 0.3) is 0 Å². The van der Waals surface area contributed by atoms with Crippen molar-refractivity contribution in [2.24, 2.45) is 5.73 Å². The van der Waals surface area contributed by atoms with Crippen molar-refractivity contribution in [3.8, 4) is 0 Å². The van der Waals surface area contributed by atoms with Crippen LogP contribution >= 0.6 is 0 Å². The summed E-state index contributed by atoms with van der Waals surface area (Å²) in [6.45, 7) is 2.10. The molecule has 84 valence electrons. The predicted octanol–water partition coefficient (Wildman–Crippen LogP) is 2.70. The molecule has 0 aliphatic carbocycles. The maximum absolute atomic E-state index is 6.09. The highest BCUT2D eigenvalue weighted by Crippen LogP contribution is 2.09. The summed E-state index contributed by atoms with van der Waals surface area (Å²) >= 11 is 0. The van der Waals surface area contributed by atoms with E-state index in [1.165, 1.54) is 11.1 Å². The summed E-state index contributed by atoms with van der Waals surface area (Å²) in [7, 11) is 0. The fourth-order valence-electron chi connectivity index (χ4n) is 1.90. The SMILES string of the molecule is Cc1cccc(CC(N)Cc2ccco2)c1. The largest absolute Gasteiger partial charge is 0.469 e. The molecule has 2 aromatic rings. The third-order valence-electron chi connectivity index (χ3n) is 2.62. The van der Waals surface area contributed by atoms with E-state index in [0.29, 0.717) is 0 Å². The number of benzene rings is 1. The highest BCUT2D eigenvalue weighted by molar-refractivity contribution is 5.23. The van der Waals surface area contributed by atoms with Gasteiger partial charge in [0, 0.05) is 12.5 Å². The number of furan rings is 1. The first-order chi connectivity index (χ1) is 7.74. The van der Waals surface area contributed by atoms with Crippen LogP contribution in [0.25, 0.3) is 0 Å². The van der Waals surface area contributed by atoms with Crippen LogP contribution in [0.1, 0.15) is 16.9 Å². The van der Waals surface area contributed by atoms with E-state index in [9.17, 15) is 0 Å². The lowest BCUT2D eigenvalue weighted by molar-refractivity contribution is 0.483. The van der Waals surface area contributed by atoms with Crippen molar-refractivity contribution in [3.05, 3.63) is 59.5 Å². The van der Waals surface area contributed by atoms with Gasteiger partial charge in [-0.05, 0) is 31.0 Å². The smallest absolute Gasteiger partial charge is 0.105 e. The molecule has 0 spiro atoms. The fraction of sp³-hybridized carbons (Fsp3) is 0.286. The van der Waals surface area contributed by atoms with Crippen LogP contribution < -0.4 is 5.73 Å². The maximum Gasteiger partial charge on any atom is 0.105 e. The van der Waals surface area contributed by atoms with Gasteiger partial charge < -0.3 is 10.2 Å². The normalized spacial score (nSPS) is 12.6. The van der Waals surface area contributed by atoms with E-state index in [2.05, 4.69) is 31.2 Å². The Hall–Kier alpha value is -1.54. The minimum absolute atomic E-state index is 0.118. The number of hydrogen-bond acceptors (Lipinski definition) is 2. The summed E-state index contributed by atoms with van der Waals surface area (Å²) in [4.78, 5) is 0. The van der Waals surface area contributed by atoms with Crippen LogP contribution in [0, 0.1) is 6.92 Å². The average Bonchev–Trinajstić information content (AvgIpc) is 2.70. The Morgan fingerprint density at radius 3 is 2.75 bits per heavy atom. The number of rotatable bonds is 4. The Bertz CT molecular complexity index is 434. The minimum atomic E-state index is 0.118. The molecule has 16 heavy (non-hydrogen) atoms. The molecule has 1 aromatic carbocycles. The lowest BCUT2D eigenvalue weighted by atomic mass is 10.0. The first kappa shape index (κ1) is 11.0. The van der Waals surface area contributed by atoms with Gasteiger partial charge in [0.15, 0.2) is 0 Å². The van der Waals surface area contributed by atoms with Gasteiger partial charge >= 0.3 is 0 Å². The van der Waals surface area contributed by atoms with Crippen molar-refractivity contribution >= 4 is 0 Å². The molecule has 0 bridgehead atoms. The van der Waals surface area contributed by atoms with Gasteiger partial charge in [-0.3, -0.25) is 0 Å². The van der Waals surface area contributed by atoms with Crippen LogP contribution in [0.4, 0.5) is 0 Å². The van der Waals surface area contributed by atoms with Gasteiger partial charge in [-0.25, -0.2) is 0 Å². The van der Waals surface area contributed by atoms with E-state index in [1.54, 1.807) is 6.26 Å². The molecule has 2 nitrogen and oxygen atoms in total. The Morgan fingerprint density at radius 2 is 2.06 bits per heavy atom. The van der Waals surface area contributed by atoms with E-state index >= 15 is 0 Å². The molecule has 2 heteroatoms. The molecule has 1 heterocycles. The highest BCUT2D eigenvalue weighted by Gasteiger charge is 2.07. The zero-order chi connectivity index (χ0) is 11.4. The zero-order valence-electron chi connectivity index (χ0n) is 9.52. The Kier molecular flexibility index (Phi) is 3.42. The van der Waals surface area contributed by atoms with Crippen LogP contribution in [0.15, 0.2) is 47.1 Å². The Labute approximate surface area is 96.1 Å². The Morgan fingerprint density at radius 1 is 1.19 bits per heavy atom. The van der Waals surface area contributed by atoms with Crippen molar-refractivity contribution in [3.63, 3.8) is 0 Å². The second-order valence-corrected chi connectivity index (χ2v) is 4.24. The second-order valence-electron chi connectivity index (χ2n) is 4.24. The minimum Gasteiger partial charge on any atom is -0.469 e. The van der Waals surface area contributed by atoms with Crippen molar-refractivity contribution in [2.45, 2.75) is 25.8 Å². The van der Waals surface area contributed by atoms with E-state index < -0.39 is 0 Å². The standard InChI is InChI=1S/C14H17NO/c1-11-4-2-5-12(8-11)9-13(15)10-14-6-3-7-16-14/h2-8,13H,9-10,15H2,1H3. The molecule has 0 aliphatic rings. The zero-order valence-corrected chi connectivity index (χ0v) is 9.52. The summed E-state index contributed by atoms with van der Waals surface area (Å²) < 4.78 is 5.29. The molecule has 0 aliphatic heterocycles. The summed E-state index contributed by atoms with van der Waals surface area (Å²) in [5.74, 6) is 0.958. The Balaban J connectivity index is 1.94. The monoisotopic (exact) mass is 215 g/mol. The first-order valence-electron chi connectivity index (χ1n) is 5.57. The number of nitrogens with two attached hydrogens (primary N) is 1. The van der Waals surface area contributed by atoms with Gasteiger partial charge in [-0.15, -0.1) is 0 Å². The molecule has 0 amide bonds. The van der Waals surface area contributed by atoms with Crippen molar-refractivity contribution in [1.29, 1.82) is 0 Å². The quantitative estimate of drug-likeness (QED) is 0.851. The third kappa shape index (κ3) is 2.97. The highest BCUT2D eigenvalue weighted by atomic mass is 16.3. The summed E-state index contributed by atoms with van der Waals surface area (Å²) in [6.07, 6.45) is 3.37. The summed E-state index contributed by atoms with van der Waals surface area (Å²) in [5, 5.41) is 0. The number of hydrogen-bond donors (Lipinski definition) is 1. The van der Waals surface area contributed by atoms with Crippen LogP contribution in [0.5, 0.6) is 0 Å². The molecule has 1 aromatic heterocycles. The van der Waals surface area contributed by atoms with E-state index in [4.69, 9.17) is 10.2 Å². The van der Waals surface area contributed by atoms with Gasteiger partial charge in [-0.2, -0.15) is 0 Å². The lowest BCUT2D eigenvalue weighted by Gasteiger charge is -2.10. The molecular formula is C14H17NO. The molecule has 1 atom stereocenters. The van der Waals surface area contributed by atoms with Crippen molar-refractivity contribution in [2.75, 3.05) is 0 Å². The molecular weight excluding hydrogens is 198 g/mol. The lowest BCUT2D eigenvalue weighted by Crippen LogP contribution is -2.25. The summed E-state index contributed by atoms with van der Waals surface area (Å²) in [5.41, 5.74) is 8.66. The molecule has 2 rings (SSSR count). The van der Waals surface area contributed by atoms with Crippen molar-refractivity contribution < 1.29 is 4.42 Å². The third-order valence-corrected chi connectivity index (χ3v) is 2.62. The van der Waals surface area contributed by atoms with Crippen LogP contribution in [0.3, 0.4) is 0 Å². The topological polar surface area (TPSA) is 39.2 Å². The molecule has 0 radical (unpaired) electrons. The number of aryl methyl sites for hydroxylation is 1. The average molecular weight is 215 g/mol. The fourth-order valence-corrected chi connectivity index (χ4v) is 1.90. The van der Waals surface area contributed by atoms with Gasteiger partial charge in [0.1, 0.15) is 5.76 Å². The van der Waals surface area contributed by atoms with Crippen molar-refractivity contribution in [1.82, 2.24) is 0 Å². The molecule has 0 fully saturated rings. The first-order valence-corrected chi connectivity index (χ1v) is 5.57. The maximum atomic E-state index is 6.09. The molecule has 1 unspecified atom stereocenters. The molecule has 0 saturated carbocycles. The molecule has 2 N–H and O–H groups in total. The molecule has 0 saturated heterocycles. The van der Waals surface area contributed by atoms with E-state index in [-0.39, 0.29) is 6.04 Å². The van der Waals surface area contributed by atoms with Crippen LogP contribution in [-0.4, -0.2) is 6.04 Å². The van der Waals surface area contributed by atoms with Gasteiger partial charge in [0.2, 0.25) is 0 Å². The van der Waals surface area contributed by atoms with Gasteiger partial charge in [-0.1, -0.05) is 29.8 Å². The predicted molar refractivity (Wildman–Crippen MR) is 65.3 cm³/mol. The second kappa shape index (κ2) is 4.99. The summed E-state index contributed by atoms with van der Waals surface area (Å²) in [6, 6.07) is 12.5.